The van der Waals surface area contributed by atoms with Gasteiger partial charge in [-0.2, -0.15) is 8.42 Å². The van der Waals surface area contributed by atoms with Crippen molar-refractivity contribution in [2.75, 3.05) is 20.6 Å². The Labute approximate surface area is 102 Å². The van der Waals surface area contributed by atoms with Gasteiger partial charge in [0.05, 0.1) is 0 Å². The molecule has 0 saturated carbocycles. The molecule has 0 amide bonds. The van der Waals surface area contributed by atoms with Crippen molar-refractivity contribution in [1.82, 2.24) is 4.90 Å². The molecule has 5 nitrogen and oxygen atoms in total. The van der Waals surface area contributed by atoms with E-state index in [9.17, 15) is 0 Å². The van der Waals surface area contributed by atoms with Crippen LogP contribution in [0, 0.1) is 0 Å². The number of likely N-dealkylation sites (N-methyl/N-ethyl adjacent to an activating group) is 1. The smallest absolute Gasteiger partial charge is 0.306 e. The summed E-state index contributed by atoms with van der Waals surface area (Å²) in [7, 11) is -0.537. The van der Waals surface area contributed by atoms with Gasteiger partial charge in [-0.05, 0) is 19.7 Å². The van der Waals surface area contributed by atoms with Gasteiger partial charge in [0.1, 0.15) is 0 Å². The molecule has 0 spiro atoms. The standard InChI is InChI=1S/C11H15N.H2O4S/c1-12(2)10-6-9-11-7-4-3-5-8-11;1-5(2,3)4/h3-9H,10H2,1-2H3;(H2,1,2,3,4). The normalized spacial score (nSPS) is 11.4. The second-order valence-corrected chi connectivity index (χ2v) is 4.42. The summed E-state index contributed by atoms with van der Waals surface area (Å²) in [6.45, 7) is 0.995. The highest BCUT2D eigenvalue weighted by molar-refractivity contribution is 7.79. The summed E-state index contributed by atoms with van der Waals surface area (Å²) in [5.41, 5.74) is 1.26. The molecule has 0 aliphatic heterocycles. The molecule has 6 heteroatoms. The van der Waals surface area contributed by atoms with Crippen LogP contribution in [0.5, 0.6) is 0 Å². The highest BCUT2D eigenvalue weighted by Gasteiger charge is 1.85. The molecule has 0 aromatic heterocycles. The topological polar surface area (TPSA) is 77.8 Å². The van der Waals surface area contributed by atoms with Crippen molar-refractivity contribution >= 4 is 16.5 Å². The van der Waals surface area contributed by atoms with Gasteiger partial charge in [-0.3, -0.25) is 9.11 Å². The van der Waals surface area contributed by atoms with Crippen molar-refractivity contribution in [1.29, 1.82) is 0 Å². The monoisotopic (exact) mass is 259 g/mol. The van der Waals surface area contributed by atoms with E-state index >= 15 is 0 Å². The molecule has 1 aromatic carbocycles. The number of hydrogen-bond acceptors (Lipinski definition) is 3. The molecule has 0 saturated heterocycles. The van der Waals surface area contributed by atoms with Crippen molar-refractivity contribution in [2.45, 2.75) is 0 Å². The zero-order valence-electron chi connectivity index (χ0n) is 9.81. The third-order valence-corrected chi connectivity index (χ3v) is 1.58. The van der Waals surface area contributed by atoms with Gasteiger partial charge in [-0.25, -0.2) is 0 Å². The van der Waals surface area contributed by atoms with E-state index in [0.29, 0.717) is 0 Å². The van der Waals surface area contributed by atoms with E-state index in [0.717, 1.165) is 6.54 Å². The molecule has 17 heavy (non-hydrogen) atoms. The first-order chi connectivity index (χ1) is 7.79. The van der Waals surface area contributed by atoms with Crippen molar-refractivity contribution in [3.8, 4) is 0 Å². The second kappa shape index (κ2) is 7.97. The van der Waals surface area contributed by atoms with Crippen LogP contribution in [0.2, 0.25) is 0 Å². The van der Waals surface area contributed by atoms with E-state index in [2.05, 4.69) is 55.4 Å². The molecule has 96 valence electrons. The predicted molar refractivity (Wildman–Crippen MR) is 68.2 cm³/mol. The number of benzene rings is 1. The van der Waals surface area contributed by atoms with Gasteiger partial charge in [0.2, 0.25) is 0 Å². The average molecular weight is 259 g/mol. The highest BCUT2D eigenvalue weighted by atomic mass is 32.3. The van der Waals surface area contributed by atoms with E-state index in [1.165, 1.54) is 5.56 Å². The van der Waals surface area contributed by atoms with Crippen LogP contribution in [0.25, 0.3) is 6.08 Å². The molecule has 1 rings (SSSR count). The van der Waals surface area contributed by atoms with Crippen LogP contribution >= 0.6 is 0 Å². The van der Waals surface area contributed by atoms with Gasteiger partial charge in [0.15, 0.2) is 0 Å². The Morgan fingerprint density at radius 3 is 2.06 bits per heavy atom. The Morgan fingerprint density at radius 1 is 1.18 bits per heavy atom. The second-order valence-electron chi connectivity index (χ2n) is 3.52. The lowest BCUT2D eigenvalue weighted by Gasteiger charge is -2.03. The molecule has 0 unspecified atom stereocenters. The first kappa shape index (κ1) is 15.8. The average Bonchev–Trinajstić information content (AvgIpc) is 2.16. The third kappa shape index (κ3) is 14.8. The zero-order chi connectivity index (χ0) is 13.3. The van der Waals surface area contributed by atoms with Gasteiger partial charge in [0.25, 0.3) is 0 Å². The maximum atomic E-state index is 8.74. The third-order valence-electron chi connectivity index (χ3n) is 1.58. The summed E-state index contributed by atoms with van der Waals surface area (Å²) in [6, 6.07) is 10.3. The fourth-order valence-corrected chi connectivity index (χ4v) is 0.964. The van der Waals surface area contributed by atoms with Crippen LogP contribution < -0.4 is 0 Å². The van der Waals surface area contributed by atoms with Crippen LogP contribution in [-0.2, 0) is 10.4 Å². The van der Waals surface area contributed by atoms with Gasteiger partial charge in [-0.15, -0.1) is 0 Å². The lowest BCUT2D eigenvalue weighted by atomic mass is 10.2. The minimum Gasteiger partial charge on any atom is -0.306 e. The van der Waals surface area contributed by atoms with E-state index in [4.69, 9.17) is 17.5 Å². The zero-order valence-corrected chi connectivity index (χ0v) is 10.6. The van der Waals surface area contributed by atoms with Crippen LogP contribution in [0.1, 0.15) is 5.56 Å². The minimum absolute atomic E-state index is 0.995. The Kier molecular flexibility index (Phi) is 7.40. The Morgan fingerprint density at radius 2 is 1.65 bits per heavy atom. The summed E-state index contributed by atoms with van der Waals surface area (Å²) in [5.74, 6) is 0. The molecule has 1 aromatic rings. The van der Waals surface area contributed by atoms with E-state index in [-0.39, 0.29) is 0 Å². The van der Waals surface area contributed by atoms with Crippen LogP contribution in [0.4, 0.5) is 0 Å². The summed E-state index contributed by atoms with van der Waals surface area (Å²) in [5, 5.41) is 0. The number of rotatable bonds is 3. The van der Waals surface area contributed by atoms with E-state index in [1.807, 2.05) is 6.07 Å². The molecule has 0 atom stereocenters. The van der Waals surface area contributed by atoms with Crippen molar-refractivity contribution < 1.29 is 17.5 Å². The first-order valence-corrected chi connectivity index (χ1v) is 6.25. The quantitative estimate of drug-likeness (QED) is 0.806. The predicted octanol–water partition coefficient (Wildman–Crippen LogP) is 1.61. The van der Waals surface area contributed by atoms with E-state index in [1.54, 1.807) is 0 Å². The molecular weight excluding hydrogens is 242 g/mol. The minimum atomic E-state index is -4.67. The van der Waals surface area contributed by atoms with Crippen molar-refractivity contribution in [3.05, 3.63) is 42.0 Å². The maximum Gasteiger partial charge on any atom is 0.394 e. The molecule has 2 N–H and O–H groups in total. The Hall–Kier alpha value is -1.21. The Bertz CT molecular complexity index is 418. The van der Waals surface area contributed by atoms with Gasteiger partial charge >= 0.3 is 10.4 Å². The van der Waals surface area contributed by atoms with Crippen LogP contribution in [-0.4, -0.2) is 43.1 Å². The van der Waals surface area contributed by atoms with Crippen LogP contribution in [0.15, 0.2) is 36.4 Å². The SMILES string of the molecule is CN(C)CC=Cc1ccccc1.O=S(=O)(O)O. The van der Waals surface area contributed by atoms with Gasteiger partial charge in [0, 0.05) is 6.54 Å². The van der Waals surface area contributed by atoms with Crippen LogP contribution in [0.3, 0.4) is 0 Å². The van der Waals surface area contributed by atoms with Gasteiger partial charge in [-0.1, -0.05) is 42.5 Å². The molecule has 0 heterocycles. The fraction of sp³-hybridized carbons (Fsp3) is 0.273. The summed E-state index contributed by atoms with van der Waals surface area (Å²) < 4.78 is 31.6. The summed E-state index contributed by atoms with van der Waals surface area (Å²) in [6.07, 6.45) is 4.30. The fourth-order valence-electron chi connectivity index (χ4n) is 0.964. The lowest BCUT2D eigenvalue weighted by molar-refractivity contribution is 0.381. The Balaban J connectivity index is 0.000000437. The molecule has 0 bridgehead atoms. The maximum absolute atomic E-state index is 8.74. The largest absolute Gasteiger partial charge is 0.394 e. The van der Waals surface area contributed by atoms with Crippen molar-refractivity contribution in [2.24, 2.45) is 0 Å². The van der Waals surface area contributed by atoms with E-state index < -0.39 is 10.4 Å². The lowest BCUT2D eigenvalue weighted by Crippen LogP contribution is -2.10. The summed E-state index contributed by atoms with van der Waals surface area (Å²) in [4.78, 5) is 2.14. The highest BCUT2D eigenvalue weighted by Crippen LogP contribution is 2.00. The molecule has 0 fully saturated rings. The molecule has 0 radical (unpaired) electrons. The molecule has 0 aliphatic carbocycles. The first-order valence-electron chi connectivity index (χ1n) is 4.85. The molecular formula is C11H17NO4S. The molecule has 0 aliphatic rings. The van der Waals surface area contributed by atoms with Crippen molar-refractivity contribution in [3.63, 3.8) is 0 Å². The van der Waals surface area contributed by atoms with Gasteiger partial charge < -0.3 is 4.90 Å². The number of nitrogens with zero attached hydrogens (tertiary/aromatic N) is 1. The number of hydrogen-bond donors (Lipinski definition) is 2. The summed E-state index contributed by atoms with van der Waals surface area (Å²) >= 11 is 0.